The smallest absolute Gasteiger partial charge is 0.257 e. The maximum atomic E-state index is 12.8. The van der Waals surface area contributed by atoms with Crippen LogP contribution >= 0.6 is 0 Å². The quantitative estimate of drug-likeness (QED) is 0.705. The van der Waals surface area contributed by atoms with Gasteiger partial charge in [-0.1, -0.05) is 12.1 Å². The number of nitrogens with zero attached hydrogens (tertiary/aromatic N) is 4. The number of rotatable bonds is 7. The lowest BCUT2D eigenvalue weighted by atomic mass is 10.2. The fourth-order valence-electron chi connectivity index (χ4n) is 3.08. The number of para-hydroxylation sites is 2. The van der Waals surface area contributed by atoms with E-state index < -0.39 is 0 Å². The molecule has 26 heavy (non-hydrogen) atoms. The van der Waals surface area contributed by atoms with Crippen molar-refractivity contribution in [1.82, 2.24) is 19.6 Å². The minimum atomic E-state index is 0.0237. The highest BCUT2D eigenvalue weighted by Crippen LogP contribution is 2.22. The zero-order valence-electron chi connectivity index (χ0n) is 15.4. The third-order valence-corrected chi connectivity index (χ3v) is 4.58. The first-order chi connectivity index (χ1) is 12.7. The van der Waals surface area contributed by atoms with Gasteiger partial charge in [0.15, 0.2) is 0 Å². The number of ether oxygens (including phenoxy) is 2. The second-order valence-corrected chi connectivity index (χ2v) is 6.18. The van der Waals surface area contributed by atoms with Gasteiger partial charge in [-0.25, -0.2) is 4.68 Å². The van der Waals surface area contributed by atoms with Crippen molar-refractivity contribution in [2.75, 3.05) is 53.0 Å². The minimum Gasteiger partial charge on any atom is -0.494 e. The Morgan fingerprint density at radius 3 is 2.69 bits per heavy atom. The maximum absolute atomic E-state index is 12.8. The number of piperazine rings is 1. The number of amides is 1. The highest BCUT2D eigenvalue weighted by Gasteiger charge is 2.23. The van der Waals surface area contributed by atoms with Crippen molar-refractivity contribution in [3.63, 3.8) is 0 Å². The number of benzene rings is 1. The zero-order chi connectivity index (χ0) is 18.4. The molecule has 2 aromatic rings. The Kier molecular flexibility index (Phi) is 6.25. The largest absolute Gasteiger partial charge is 0.494 e. The molecular weight excluding hydrogens is 332 g/mol. The molecule has 1 aliphatic heterocycles. The van der Waals surface area contributed by atoms with Crippen molar-refractivity contribution < 1.29 is 14.3 Å². The highest BCUT2D eigenvalue weighted by molar-refractivity contribution is 5.94. The molecule has 140 valence electrons. The summed E-state index contributed by atoms with van der Waals surface area (Å²) >= 11 is 0. The van der Waals surface area contributed by atoms with Crippen LogP contribution in [0.25, 0.3) is 5.69 Å². The lowest BCUT2D eigenvalue weighted by Gasteiger charge is -2.34. The summed E-state index contributed by atoms with van der Waals surface area (Å²) < 4.78 is 12.5. The average Bonchev–Trinajstić information content (AvgIpc) is 3.18. The van der Waals surface area contributed by atoms with Crippen LogP contribution in [-0.4, -0.2) is 78.5 Å². The van der Waals surface area contributed by atoms with E-state index in [0.29, 0.717) is 5.56 Å². The average molecular weight is 358 g/mol. The Morgan fingerprint density at radius 1 is 1.19 bits per heavy atom. The summed E-state index contributed by atoms with van der Waals surface area (Å²) in [4.78, 5) is 17.0. The summed E-state index contributed by atoms with van der Waals surface area (Å²) in [6.45, 7) is 7.61. The van der Waals surface area contributed by atoms with Crippen LogP contribution in [0.15, 0.2) is 36.7 Å². The molecule has 0 bridgehead atoms. The number of carbonyl (C=O) groups is 1. The van der Waals surface area contributed by atoms with Crippen molar-refractivity contribution in [1.29, 1.82) is 0 Å². The molecule has 7 nitrogen and oxygen atoms in total. The second kappa shape index (κ2) is 8.82. The van der Waals surface area contributed by atoms with Crippen molar-refractivity contribution in [3.05, 3.63) is 42.2 Å². The maximum Gasteiger partial charge on any atom is 0.257 e. The van der Waals surface area contributed by atoms with Gasteiger partial charge in [0.2, 0.25) is 0 Å². The van der Waals surface area contributed by atoms with Crippen LogP contribution in [0.1, 0.15) is 17.3 Å². The van der Waals surface area contributed by atoms with Gasteiger partial charge < -0.3 is 14.4 Å². The molecule has 1 amide bonds. The molecule has 2 heterocycles. The van der Waals surface area contributed by atoms with E-state index in [1.54, 1.807) is 24.2 Å². The van der Waals surface area contributed by atoms with Crippen molar-refractivity contribution in [3.8, 4) is 11.4 Å². The summed E-state index contributed by atoms with van der Waals surface area (Å²) in [5, 5.41) is 4.34. The molecule has 0 aliphatic carbocycles. The Labute approximate surface area is 154 Å². The molecule has 0 N–H and O–H groups in total. The Morgan fingerprint density at radius 2 is 1.96 bits per heavy atom. The van der Waals surface area contributed by atoms with Crippen LogP contribution in [0.4, 0.5) is 0 Å². The second-order valence-electron chi connectivity index (χ2n) is 6.18. The number of hydrogen-bond acceptors (Lipinski definition) is 5. The van der Waals surface area contributed by atoms with Crippen LogP contribution in [0, 0.1) is 0 Å². The normalized spacial score (nSPS) is 15.2. The molecule has 0 atom stereocenters. The van der Waals surface area contributed by atoms with Gasteiger partial charge in [-0.05, 0) is 19.1 Å². The molecular formula is C19H26N4O3. The Hall–Kier alpha value is -2.38. The number of aromatic nitrogens is 2. The standard InChI is InChI=1S/C19H26N4O3/c1-3-26-13-12-21-8-10-22(11-9-21)19(24)16-14-20-23(15-16)17-6-4-5-7-18(17)25-2/h4-7,14-15H,3,8-13H2,1-2H3. The SMILES string of the molecule is CCOCCN1CCN(C(=O)c2cnn(-c3ccccc3OC)c2)CC1. The number of methoxy groups -OCH3 is 1. The van der Waals surface area contributed by atoms with E-state index in [4.69, 9.17) is 9.47 Å². The Bertz CT molecular complexity index is 723. The summed E-state index contributed by atoms with van der Waals surface area (Å²) in [5.41, 5.74) is 1.41. The molecule has 0 spiro atoms. The summed E-state index contributed by atoms with van der Waals surface area (Å²) in [6, 6.07) is 7.61. The van der Waals surface area contributed by atoms with Gasteiger partial charge in [-0.2, -0.15) is 5.10 Å². The topological polar surface area (TPSA) is 59.8 Å². The van der Waals surface area contributed by atoms with E-state index in [2.05, 4.69) is 10.00 Å². The van der Waals surface area contributed by atoms with Crippen LogP contribution < -0.4 is 4.74 Å². The first kappa shape index (κ1) is 18.4. The van der Waals surface area contributed by atoms with Gasteiger partial charge in [0.05, 0.1) is 25.5 Å². The van der Waals surface area contributed by atoms with Gasteiger partial charge >= 0.3 is 0 Å². The lowest BCUT2D eigenvalue weighted by Crippen LogP contribution is -2.49. The third-order valence-electron chi connectivity index (χ3n) is 4.58. The van der Waals surface area contributed by atoms with Crippen LogP contribution in [0.5, 0.6) is 5.75 Å². The highest BCUT2D eigenvalue weighted by atomic mass is 16.5. The van der Waals surface area contributed by atoms with E-state index in [-0.39, 0.29) is 5.91 Å². The molecule has 0 saturated carbocycles. The molecule has 1 fully saturated rings. The monoisotopic (exact) mass is 358 g/mol. The Balaban J connectivity index is 1.61. The molecule has 1 aromatic carbocycles. The van der Waals surface area contributed by atoms with Crippen molar-refractivity contribution in [2.45, 2.75) is 6.92 Å². The first-order valence-corrected chi connectivity index (χ1v) is 9.00. The summed E-state index contributed by atoms with van der Waals surface area (Å²) in [7, 11) is 1.62. The van der Waals surface area contributed by atoms with Crippen molar-refractivity contribution in [2.24, 2.45) is 0 Å². The van der Waals surface area contributed by atoms with Gasteiger partial charge in [0, 0.05) is 45.5 Å². The van der Waals surface area contributed by atoms with E-state index in [1.807, 2.05) is 36.1 Å². The molecule has 1 saturated heterocycles. The van der Waals surface area contributed by atoms with Gasteiger partial charge in [0.1, 0.15) is 11.4 Å². The third kappa shape index (κ3) is 4.23. The van der Waals surface area contributed by atoms with Crippen LogP contribution in [-0.2, 0) is 4.74 Å². The first-order valence-electron chi connectivity index (χ1n) is 9.00. The number of carbonyl (C=O) groups excluding carboxylic acids is 1. The van der Waals surface area contributed by atoms with E-state index in [1.165, 1.54) is 0 Å². The molecule has 0 radical (unpaired) electrons. The van der Waals surface area contributed by atoms with E-state index in [9.17, 15) is 4.79 Å². The van der Waals surface area contributed by atoms with Gasteiger partial charge in [-0.15, -0.1) is 0 Å². The minimum absolute atomic E-state index is 0.0237. The molecule has 7 heteroatoms. The molecule has 3 rings (SSSR count). The summed E-state index contributed by atoms with van der Waals surface area (Å²) in [6.07, 6.45) is 3.39. The predicted molar refractivity (Wildman–Crippen MR) is 99.0 cm³/mol. The lowest BCUT2D eigenvalue weighted by molar-refractivity contribution is 0.0565. The molecule has 0 unspecified atom stereocenters. The number of hydrogen-bond donors (Lipinski definition) is 0. The fraction of sp³-hybridized carbons (Fsp3) is 0.474. The van der Waals surface area contributed by atoms with E-state index >= 15 is 0 Å². The van der Waals surface area contributed by atoms with E-state index in [0.717, 1.165) is 57.4 Å². The van der Waals surface area contributed by atoms with Gasteiger partial charge in [-0.3, -0.25) is 9.69 Å². The summed E-state index contributed by atoms with van der Waals surface area (Å²) in [5.74, 6) is 0.744. The fourth-order valence-corrected chi connectivity index (χ4v) is 3.08. The van der Waals surface area contributed by atoms with Gasteiger partial charge in [0.25, 0.3) is 5.91 Å². The predicted octanol–water partition coefficient (Wildman–Crippen LogP) is 1.68. The van der Waals surface area contributed by atoms with Crippen LogP contribution in [0.3, 0.4) is 0 Å². The van der Waals surface area contributed by atoms with Crippen LogP contribution in [0.2, 0.25) is 0 Å². The molecule has 1 aromatic heterocycles. The van der Waals surface area contributed by atoms with Crippen molar-refractivity contribution >= 4 is 5.91 Å². The zero-order valence-corrected chi connectivity index (χ0v) is 15.4. The molecule has 1 aliphatic rings.